The number of aromatic nitrogens is 3. The first-order valence-electron chi connectivity index (χ1n) is 4.20. The molecule has 1 aromatic carbocycles. The molecule has 0 radical (unpaired) electrons. The van der Waals surface area contributed by atoms with Crippen molar-refractivity contribution in [3.8, 4) is 5.69 Å². The van der Waals surface area contributed by atoms with E-state index in [1.807, 2.05) is 0 Å². The van der Waals surface area contributed by atoms with Gasteiger partial charge in [-0.1, -0.05) is 15.9 Å². The Hall–Kier alpha value is -1.37. The van der Waals surface area contributed by atoms with Crippen molar-refractivity contribution in [2.24, 2.45) is 0 Å². The number of alkyl halides is 3. The Balaban J connectivity index is 2.62. The Morgan fingerprint density at radius 3 is 2.56 bits per heavy atom. The third-order valence-electron chi connectivity index (χ3n) is 1.93. The maximum atomic E-state index is 12.7. The van der Waals surface area contributed by atoms with Gasteiger partial charge in [0.2, 0.25) is 0 Å². The summed E-state index contributed by atoms with van der Waals surface area (Å²) < 4.78 is 39.7. The summed E-state index contributed by atoms with van der Waals surface area (Å²) in [7, 11) is 0. The highest BCUT2D eigenvalue weighted by molar-refractivity contribution is 9.10. The van der Waals surface area contributed by atoms with Crippen LogP contribution in [0.25, 0.3) is 5.69 Å². The fourth-order valence-corrected chi connectivity index (χ4v) is 1.63. The number of halogens is 4. The molecule has 1 aromatic heterocycles. The largest absolute Gasteiger partial charge is 0.418 e. The lowest BCUT2D eigenvalue weighted by molar-refractivity contribution is -0.137. The van der Waals surface area contributed by atoms with Gasteiger partial charge >= 0.3 is 6.18 Å². The van der Waals surface area contributed by atoms with Gasteiger partial charge < -0.3 is 0 Å². The van der Waals surface area contributed by atoms with Crippen molar-refractivity contribution in [3.05, 3.63) is 40.9 Å². The molecule has 0 spiro atoms. The van der Waals surface area contributed by atoms with Crippen LogP contribution < -0.4 is 0 Å². The fourth-order valence-electron chi connectivity index (χ4n) is 1.27. The van der Waals surface area contributed by atoms with Crippen molar-refractivity contribution in [3.63, 3.8) is 0 Å². The number of hydrogen-bond acceptors (Lipinski definition) is 2. The average molecular weight is 292 g/mol. The van der Waals surface area contributed by atoms with E-state index in [9.17, 15) is 13.2 Å². The van der Waals surface area contributed by atoms with Crippen molar-refractivity contribution in [1.29, 1.82) is 0 Å². The van der Waals surface area contributed by atoms with Crippen LogP contribution >= 0.6 is 15.9 Å². The predicted octanol–water partition coefficient (Wildman–Crippen LogP) is 3.05. The predicted molar refractivity (Wildman–Crippen MR) is 54.1 cm³/mol. The molecule has 2 aromatic rings. The summed E-state index contributed by atoms with van der Waals surface area (Å²) in [4.78, 5) is 3.62. The van der Waals surface area contributed by atoms with Crippen LogP contribution in [0.15, 0.2) is 35.3 Å². The molecule has 0 aliphatic heterocycles. The monoisotopic (exact) mass is 291 g/mol. The van der Waals surface area contributed by atoms with Crippen molar-refractivity contribution in [1.82, 2.24) is 14.8 Å². The van der Waals surface area contributed by atoms with Crippen LogP contribution in [0.4, 0.5) is 13.2 Å². The summed E-state index contributed by atoms with van der Waals surface area (Å²) in [6.45, 7) is 0. The summed E-state index contributed by atoms with van der Waals surface area (Å²) in [5.74, 6) is 0. The first-order valence-corrected chi connectivity index (χ1v) is 4.99. The SMILES string of the molecule is FC(F)(F)c1cc(Br)ccc1-n1cncn1. The lowest BCUT2D eigenvalue weighted by atomic mass is 10.2. The van der Waals surface area contributed by atoms with Gasteiger partial charge in [0.05, 0.1) is 11.3 Å². The van der Waals surface area contributed by atoms with Crippen LogP contribution in [-0.2, 0) is 6.18 Å². The minimum absolute atomic E-state index is 0.0480. The van der Waals surface area contributed by atoms with Gasteiger partial charge in [-0.25, -0.2) is 9.67 Å². The smallest absolute Gasteiger partial charge is 0.223 e. The lowest BCUT2D eigenvalue weighted by Gasteiger charge is -2.12. The van der Waals surface area contributed by atoms with E-state index < -0.39 is 11.7 Å². The standard InChI is InChI=1S/C9H5BrF3N3/c10-6-1-2-8(16-5-14-4-15-16)7(3-6)9(11,12)13/h1-5H. The second kappa shape index (κ2) is 3.89. The van der Waals surface area contributed by atoms with Gasteiger partial charge in [-0.15, -0.1) is 0 Å². The first kappa shape index (κ1) is 11.1. The van der Waals surface area contributed by atoms with Crippen molar-refractivity contribution in [2.75, 3.05) is 0 Å². The van der Waals surface area contributed by atoms with Gasteiger partial charge in [-0.05, 0) is 18.2 Å². The highest BCUT2D eigenvalue weighted by Gasteiger charge is 2.34. The molecular formula is C9H5BrF3N3. The molecule has 0 fully saturated rings. The molecule has 84 valence electrons. The summed E-state index contributed by atoms with van der Waals surface area (Å²) in [5, 5.41) is 3.68. The van der Waals surface area contributed by atoms with Crippen LogP contribution in [0, 0.1) is 0 Å². The molecule has 0 bridgehead atoms. The third-order valence-corrected chi connectivity index (χ3v) is 2.42. The minimum Gasteiger partial charge on any atom is -0.223 e. The Labute approximate surface area is 97.0 Å². The lowest BCUT2D eigenvalue weighted by Crippen LogP contribution is -2.11. The zero-order valence-corrected chi connectivity index (χ0v) is 9.33. The molecule has 7 heteroatoms. The van der Waals surface area contributed by atoms with Crippen LogP contribution in [0.5, 0.6) is 0 Å². The maximum absolute atomic E-state index is 12.7. The number of nitrogens with zero attached hydrogens (tertiary/aromatic N) is 3. The van der Waals surface area contributed by atoms with Crippen molar-refractivity contribution >= 4 is 15.9 Å². The van der Waals surface area contributed by atoms with Gasteiger partial charge in [-0.3, -0.25) is 0 Å². The zero-order valence-electron chi connectivity index (χ0n) is 7.74. The second-order valence-electron chi connectivity index (χ2n) is 3.00. The Morgan fingerprint density at radius 1 is 1.25 bits per heavy atom. The molecular weight excluding hydrogens is 287 g/mol. The topological polar surface area (TPSA) is 30.7 Å². The van der Waals surface area contributed by atoms with Crippen LogP contribution in [-0.4, -0.2) is 14.8 Å². The minimum atomic E-state index is -4.43. The molecule has 0 aliphatic carbocycles. The number of hydrogen-bond donors (Lipinski definition) is 0. The zero-order chi connectivity index (χ0) is 11.8. The molecule has 0 unspecified atom stereocenters. The average Bonchev–Trinajstić information content (AvgIpc) is 2.69. The van der Waals surface area contributed by atoms with Gasteiger partial charge in [0.1, 0.15) is 12.7 Å². The molecule has 3 nitrogen and oxygen atoms in total. The molecule has 2 rings (SSSR count). The van der Waals surface area contributed by atoms with E-state index in [-0.39, 0.29) is 5.69 Å². The number of benzene rings is 1. The van der Waals surface area contributed by atoms with E-state index in [1.54, 1.807) is 0 Å². The Morgan fingerprint density at radius 2 is 2.00 bits per heavy atom. The normalized spacial score (nSPS) is 11.8. The van der Waals surface area contributed by atoms with E-state index in [2.05, 4.69) is 26.0 Å². The summed E-state index contributed by atoms with van der Waals surface area (Å²) in [6.07, 6.45) is -2.02. The molecule has 0 amide bonds. The molecule has 1 heterocycles. The van der Waals surface area contributed by atoms with Gasteiger partial charge in [0.15, 0.2) is 0 Å². The molecule has 16 heavy (non-hydrogen) atoms. The van der Waals surface area contributed by atoms with Crippen molar-refractivity contribution < 1.29 is 13.2 Å². The van der Waals surface area contributed by atoms with Gasteiger partial charge in [-0.2, -0.15) is 18.3 Å². The van der Waals surface area contributed by atoms with Crippen LogP contribution in [0.1, 0.15) is 5.56 Å². The molecule has 0 saturated carbocycles. The third kappa shape index (κ3) is 2.08. The second-order valence-corrected chi connectivity index (χ2v) is 3.91. The molecule has 0 saturated heterocycles. The molecule has 0 N–H and O–H groups in total. The van der Waals surface area contributed by atoms with Crippen molar-refractivity contribution in [2.45, 2.75) is 6.18 Å². The Kier molecular flexibility index (Phi) is 2.71. The fraction of sp³-hybridized carbons (Fsp3) is 0.111. The van der Waals surface area contributed by atoms with Gasteiger partial charge in [0, 0.05) is 4.47 Å². The number of rotatable bonds is 1. The van der Waals surface area contributed by atoms with Crippen LogP contribution in [0.3, 0.4) is 0 Å². The quantitative estimate of drug-likeness (QED) is 0.808. The first-order chi connectivity index (χ1) is 7.48. The van der Waals surface area contributed by atoms with E-state index in [0.717, 1.165) is 10.7 Å². The highest BCUT2D eigenvalue weighted by Crippen LogP contribution is 2.35. The Bertz CT molecular complexity index is 493. The highest BCUT2D eigenvalue weighted by atomic mass is 79.9. The van der Waals surface area contributed by atoms with Gasteiger partial charge in [0.25, 0.3) is 0 Å². The van der Waals surface area contributed by atoms with E-state index in [1.165, 1.54) is 24.8 Å². The van der Waals surface area contributed by atoms with Crippen LogP contribution in [0.2, 0.25) is 0 Å². The summed E-state index contributed by atoms with van der Waals surface area (Å²) >= 11 is 3.01. The summed E-state index contributed by atoms with van der Waals surface area (Å²) in [5.41, 5.74) is -0.805. The maximum Gasteiger partial charge on any atom is 0.418 e. The summed E-state index contributed by atoms with van der Waals surface area (Å²) in [6, 6.07) is 3.87. The van der Waals surface area contributed by atoms with E-state index >= 15 is 0 Å². The molecule has 0 atom stereocenters. The van der Waals surface area contributed by atoms with E-state index in [0.29, 0.717) is 4.47 Å². The van der Waals surface area contributed by atoms with E-state index in [4.69, 9.17) is 0 Å². The molecule has 0 aliphatic rings.